The van der Waals surface area contributed by atoms with Gasteiger partial charge in [0, 0.05) is 0 Å². The van der Waals surface area contributed by atoms with Crippen molar-refractivity contribution < 1.29 is 8.42 Å². The number of hydrogen-bond acceptors (Lipinski definition) is 5. The van der Waals surface area contributed by atoms with Crippen LogP contribution in [0.2, 0.25) is 0 Å². The number of hydrogen-bond donors (Lipinski definition) is 2. The van der Waals surface area contributed by atoms with Gasteiger partial charge in [0.25, 0.3) is 0 Å². The van der Waals surface area contributed by atoms with E-state index in [-0.39, 0.29) is 17.5 Å². The third-order valence-corrected chi connectivity index (χ3v) is 5.15. The van der Waals surface area contributed by atoms with E-state index in [2.05, 4.69) is 15.3 Å². The van der Waals surface area contributed by atoms with Crippen LogP contribution in [0.4, 0.5) is 5.82 Å². The van der Waals surface area contributed by atoms with Gasteiger partial charge in [-0.2, -0.15) is 10.2 Å². The quantitative estimate of drug-likeness (QED) is 0.813. The Morgan fingerprint density at radius 3 is 2.94 bits per heavy atom. The molecular weight excluding hydrogens is 254 g/mol. The maximum Gasteiger partial charge on any atom is 0.182 e. The predicted octanol–water partition coefficient (Wildman–Crippen LogP) is 0.264. The molecule has 0 saturated carbocycles. The first-order valence-corrected chi connectivity index (χ1v) is 7.75. The highest BCUT2D eigenvalue weighted by Gasteiger charge is 2.32. The average molecular weight is 269 g/mol. The Morgan fingerprint density at radius 1 is 1.56 bits per heavy atom. The fourth-order valence-electron chi connectivity index (χ4n) is 2.49. The molecule has 0 bridgehead atoms. The monoisotopic (exact) mass is 269 g/mol. The van der Waals surface area contributed by atoms with E-state index in [1.807, 2.05) is 6.92 Å². The second-order valence-corrected chi connectivity index (χ2v) is 6.87. The minimum atomic E-state index is -2.93. The summed E-state index contributed by atoms with van der Waals surface area (Å²) in [6.45, 7) is 1.99. The molecule has 2 aromatic heterocycles. The van der Waals surface area contributed by atoms with E-state index in [9.17, 15) is 8.42 Å². The highest BCUT2D eigenvalue weighted by Crippen LogP contribution is 2.30. The number of H-pyrrole nitrogens is 1. The fraction of sp³-hybridized carbons (Fsp3) is 0.600. The molecule has 1 aliphatic rings. The number of aromatic amines is 1. The second-order valence-electron chi connectivity index (χ2n) is 4.64. The first-order chi connectivity index (χ1) is 8.52. The van der Waals surface area contributed by atoms with E-state index in [1.165, 1.54) is 0 Å². The summed E-state index contributed by atoms with van der Waals surface area (Å²) >= 11 is 0. The van der Waals surface area contributed by atoms with E-state index < -0.39 is 9.84 Å². The third-order valence-electron chi connectivity index (χ3n) is 3.40. The number of nitrogens with zero attached hydrogens (tertiary/aromatic N) is 3. The van der Waals surface area contributed by atoms with Crippen LogP contribution in [0, 0.1) is 0 Å². The summed E-state index contributed by atoms with van der Waals surface area (Å²) in [7, 11) is -2.93. The van der Waals surface area contributed by atoms with Crippen LogP contribution < -0.4 is 5.73 Å². The molecule has 3 N–H and O–H groups in total. The Kier molecular flexibility index (Phi) is 2.37. The minimum absolute atomic E-state index is 0.125. The Labute approximate surface area is 104 Å². The summed E-state index contributed by atoms with van der Waals surface area (Å²) in [4.78, 5) is 0. The molecule has 1 atom stereocenters. The SMILES string of the molecule is CCc1nn(C2CCS(=O)(=O)C2)c2n[nH]c(N)c12. The molecule has 18 heavy (non-hydrogen) atoms. The molecule has 1 aliphatic heterocycles. The van der Waals surface area contributed by atoms with Gasteiger partial charge in [0.2, 0.25) is 0 Å². The maximum atomic E-state index is 11.5. The summed E-state index contributed by atoms with van der Waals surface area (Å²) in [5.41, 5.74) is 7.35. The molecular formula is C10H15N5O2S. The van der Waals surface area contributed by atoms with Crippen LogP contribution in [0.15, 0.2) is 0 Å². The molecule has 98 valence electrons. The van der Waals surface area contributed by atoms with Crippen LogP contribution >= 0.6 is 0 Å². The molecule has 1 saturated heterocycles. The Morgan fingerprint density at radius 2 is 2.33 bits per heavy atom. The lowest BCUT2D eigenvalue weighted by molar-refractivity contribution is 0.506. The molecule has 7 nitrogen and oxygen atoms in total. The van der Waals surface area contributed by atoms with E-state index in [4.69, 9.17) is 5.73 Å². The average Bonchev–Trinajstić information content (AvgIpc) is 2.95. The normalized spacial score (nSPS) is 22.8. The molecule has 0 amide bonds. The van der Waals surface area contributed by atoms with Crippen molar-refractivity contribution in [2.75, 3.05) is 17.2 Å². The van der Waals surface area contributed by atoms with Crippen molar-refractivity contribution in [3.8, 4) is 0 Å². The number of rotatable bonds is 2. The second kappa shape index (κ2) is 3.71. The Bertz CT molecular complexity index is 699. The van der Waals surface area contributed by atoms with Gasteiger partial charge in [-0.1, -0.05) is 6.92 Å². The number of sulfone groups is 1. The summed E-state index contributed by atoms with van der Waals surface area (Å²) in [5, 5.41) is 12.2. The summed E-state index contributed by atoms with van der Waals surface area (Å²) in [6, 6.07) is -0.125. The molecule has 0 aromatic carbocycles. The minimum Gasteiger partial charge on any atom is -0.383 e. The van der Waals surface area contributed by atoms with Crippen molar-refractivity contribution in [1.82, 2.24) is 20.0 Å². The molecule has 8 heteroatoms. The van der Waals surface area contributed by atoms with Gasteiger partial charge >= 0.3 is 0 Å². The molecule has 1 unspecified atom stereocenters. The van der Waals surface area contributed by atoms with Crippen LogP contribution in [-0.2, 0) is 16.3 Å². The third kappa shape index (κ3) is 1.59. The van der Waals surface area contributed by atoms with Crippen molar-refractivity contribution in [2.45, 2.75) is 25.8 Å². The van der Waals surface area contributed by atoms with Crippen LogP contribution in [0.3, 0.4) is 0 Å². The van der Waals surface area contributed by atoms with E-state index in [1.54, 1.807) is 4.68 Å². The largest absolute Gasteiger partial charge is 0.383 e. The molecule has 0 spiro atoms. The van der Waals surface area contributed by atoms with Crippen molar-refractivity contribution in [2.24, 2.45) is 0 Å². The van der Waals surface area contributed by atoms with Crippen LogP contribution in [0.5, 0.6) is 0 Å². The van der Waals surface area contributed by atoms with Gasteiger partial charge in [-0.25, -0.2) is 13.1 Å². The molecule has 2 aromatic rings. The Hall–Kier alpha value is -1.57. The predicted molar refractivity (Wildman–Crippen MR) is 68.0 cm³/mol. The van der Waals surface area contributed by atoms with Gasteiger partial charge < -0.3 is 5.73 Å². The standard InChI is InChI=1S/C10H15N5O2S/c1-2-7-8-9(11)12-13-10(8)15(14-7)6-3-4-18(16,17)5-6/h6H,2-5H2,1H3,(H3,11,12,13). The summed E-state index contributed by atoms with van der Waals surface area (Å²) in [6.07, 6.45) is 1.34. The van der Waals surface area contributed by atoms with Gasteiger partial charge in [0.1, 0.15) is 5.82 Å². The molecule has 1 fully saturated rings. The fourth-order valence-corrected chi connectivity index (χ4v) is 4.19. The van der Waals surface area contributed by atoms with Gasteiger partial charge in [-0.3, -0.25) is 5.10 Å². The lowest BCUT2D eigenvalue weighted by Gasteiger charge is -2.07. The summed E-state index contributed by atoms with van der Waals surface area (Å²) < 4.78 is 24.8. The van der Waals surface area contributed by atoms with Gasteiger partial charge in [0.15, 0.2) is 15.5 Å². The smallest absolute Gasteiger partial charge is 0.182 e. The number of anilines is 1. The molecule has 3 heterocycles. The number of nitrogens with one attached hydrogen (secondary N) is 1. The zero-order valence-corrected chi connectivity index (χ0v) is 10.9. The zero-order valence-electron chi connectivity index (χ0n) is 10.0. The number of aryl methyl sites for hydroxylation is 1. The van der Waals surface area contributed by atoms with E-state index in [0.29, 0.717) is 17.9 Å². The summed E-state index contributed by atoms with van der Waals surface area (Å²) in [5.74, 6) is 0.856. The van der Waals surface area contributed by atoms with Crippen LogP contribution in [0.25, 0.3) is 11.0 Å². The topological polar surface area (TPSA) is 107 Å². The van der Waals surface area contributed by atoms with E-state index in [0.717, 1.165) is 17.5 Å². The molecule has 0 aliphatic carbocycles. The first kappa shape index (κ1) is 11.5. The highest BCUT2D eigenvalue weighted by molar-refractivity contribution is 7.91. The lowest BCUT2D eigenvalue weighted by atomic mass is 10.2. The van der Waals surface area contributed by atoms with Crippen molar-refractivity contribution in [3.63, 3.8) is 0 Å². The maximum absolute atomic E-state index is 11.5. The van der Waals surface area contributed by atoms with Crippen LogP contribution in [0.1, 0.15) is 25.1 Å². The number of fused-ring (bicyclic) bond motifs is 1. The van der Waals surface area contributed by atoms with Gasteiger partial charge in [0.05, 0.1) is 28.6 Å². The molecule has 3 rings (SSSR count). The van der Waals surface area contributed by atoms with Crippen molar-refractivity contribution >= 4 is 26.7 Å². The highest BCUT2D eigenvalue weighted by atomic mass is 32.2. The number of aromatic nitrogens is 4. The van der Waals surface area contributed by atoms with Gasteiger partial charge in [-0.05, 0) is 12.8 Å². The molecule has 0 radical (unpaired) electrons. The van der Waals surface area contributed by atoms with Gasteiger partial charge in [-0.15, -0.1) is 0 Å². The first-order valence-electron chi connectivity index (χ1n) is 5.93. The Balaban J connectivity index is 2.13. The van der Waals surface area contributed by atoms with Crippen LogP contribution in [-0.4, -0.2) is 39.9 Å². The lowest BCUT2D eigenvalue weighted by Crippen LogP contribution is -2.13. The number of nitrogen functional groups attached to an aromatic ring is 1. The number of nitrogens with two attached hydrogens (primary N) is 1. The van der Waals surface area contributed by atoms with Crippen molar-refractivity contribution in [3.05, 3.63) is 5.69 Å². The van der Waals surface area contributed by atoms with E-state index >= 15 is 0 Å². The zero-order chi connectivity index (χ0) is 12.9. The van der Waals surface area contributed by atoms with Crippen molar-refractivity contribution in [1.29, 1.82) is 0 Å².